The van der Waals surface area contributed by atoms with Crippen molar-refractivity contribution >= 4 is 29.1 Å². The lowest BCUT2D eigenvalue weighted by Gasteiger charge is -2.32. The first-order valence-electron chi connectivity index (χ1n) is 8.85. The first kappa shape index (κ1) is 21.1. The normalized spacial score (nSPS) is 17.3. The number of hydrogen-bond acceptors (Lipinski definition) is 3. The molecule has 1 atom stereocenters. The third-order valence-corrected chi connectivity index (χ3v) is 4.74. The number of alkyl halides is 3. The average Bonchev–Trinajstić information content (AvgIpc) is 2.66. The van der Waals surface area contributed by atoms with E-state index in [1.165, 1.54) is 6.07 Å². The van der Waals surface area contributed by atoms with Crippen molar-refractivity contribution in [3.63, 3.8) is 0 Å². The lowest BCUT2D eigenvalue weighted by Crippen LogP contribution is -2.48. The number of nitrogens with one attached hydrogen (secondary N) is 1. The summed E-state index contributed by atoms with van der Waals surface area (Å²) in [7, 11) is 0. The lowest BCUT2D eigenvalue weighted by atomic mass is 10.1. The Labute approximate surface area is 170 Å². The van der Waals surface area contributed by atoms with Crippen LogP contribution in [0.25, 0.3) is 0 Å². The van der Waals surface area contributed by atoms with Crippen molar-refractivity contribution < 1.29 is 27.5 Å². The van der Waals surface area contributed by atoms with Crippen LogP contribution < -0.4 is 5.32 Å². The predicted molar refractivity (Wildman–Crippen MR) is 101 cm³/mol. The van der Waals surface area contributed by atoms with Crippen LogP contribution in [-0.2, 0) is 27.0 Å². The number of ether oxygens (including phenoxy) is 1. The smallest absolute Gasteiger partial charge is 0.366 e. The maximum absolute atomic E-state index is 12.9. The molecule has 0 unspecified atom stereocenters. The number of carbonyl (C=O) groups is 2. The van der Waals surface area contributed by atoms with Gasteiger partial charge in [-0.15, -0.1) is 0 Å². The molecule has 29 heavy (non-hydrogen) atoms. The Bertz CT molecular complexity index is 890. The summed E-state index contributed by atoms with van der Waals surface area (Å²) in [6, 6.07) is 12.5. The number of nitrogens with zero attached hydrogens (tertiary/aromatic N) is 1. The van der Waals surface area contributed by atoms with Crippen LogP contribution in [0.2, 0.25) is 5.02 Å². The summed E-state index contributed by atoms with van der Waals surface area (Å²) in [5, 5.41) is 1.91. The fraction of sp³-hybridized carbons (Fsp3) is 0.300. The minimum absolute atomic E-state index is 0.0591. The highest BCUT2D eigenvalue weighted by Crippen LogP contribution is 2.36. The van der Waals surface area contributed by atoms with Crippen LogP contribution in [0.3, 0.4) is 0 Å². The van der Waals surface area contributed by atoms with Crippen molar-refractivity contribution in [2.75, 3.05) is 18.5 Å². The van der Waals surface area contributed by atoms with Gasteiger partial charge in [-0.3, -0.25) is 9.59 Å². The Balaban J connectivity index is 1.62. The molecule has 1 aliphatic heterocycles. The largest absolute Gasteiger partial charge is 0.417 e. The van der Waals surface area contributed by atoms with Gasteiger partial charge in [-0.1, -0.05) is 41.9 Å². The van der Waals surface area contributed by atoms with E-state index in [1.807, 2.05) is 30.3 Å². The summed E-state index contributed by atoms with van der Waals surface area (Å²) in [5.41, 5.74) is -0.154. The molecule has 2 amide bonds. The summed E-state index contributed by atoms with van der Waals surface area (Å²) in [6.07, 6.45) is -5.92. The Morgan fingerprint density at radius 1 is 1.21 bits per heavy atom. The van der Waals surface area contributed by atoms with Crippen molar-refractivity contribution in [1.29, 1.82) is 0 Å². The van der Waals surface area contributed by atoms with Gasteiger partial charge < -0.3 is 15.0 Å². The van der Waals surface area contributed by atoms with Crippen LogP contribution in [0.1, 0.15) is 17.5 Å². The molecule has 0 aliphatic carbocycles. The molecule has 0 radical (unpaired) electrons. The summed E-state index contributed by atoms with van der Waals surface area (Å²) in [4.78, 5) is 26.5. The number of benzene rings is 2. The molecule has 0 spiro atoms. The minimum Gasteiger partial charge on any atom is -0.366 e. The fourth-order valence-electron chi connectivity index (χ4n) is 3.00. The molecule has 1 saturated heterocycles. The van der Waals surface area contributed by atoms with E-state index in [0.717, 1.165) is 17.7 Å². The molecule has 1 aliphatic rings. The van der Waals surface area contributed by atoms with Gasteiger partial charge in [0, 0.05) is 18.8 Å². The van der Waals surface area contributed by atoms with Crippen LogP contribution in [0.4, 0.5) is 18.9 Å². The van der Waals surface area contributed by atoms with E-state index in [-0.39, 0.29) is 24.6 Å². The quantitative estimate of drug-likeness (QED) is 0.782. The Morgan fingerprint density at radius 3 is 2.62 bits per heavy atom. The zero-order chi connectivity index (χ0) is 21.0. The third-order valence-electron chi connectivity index (χ3n) is 4.41. The molecular formula is C20H18ClF3N2O3. The van der Waals surface area contributed by atoms with E-state index in [4.69, 9.17) is 16.3 Å². The molecule has 3 rings (SSSR count). The van der Waals surface area contributed by atoms with Gasteiger partial charge in [-0.05, 0) is 23.8 Å². The van der Waals surface area contributed by atoms with E-state index in [9.17, 15) is 22.8 Å². The van der Waals surface area contributed by atoms with Crippen LogP contribution in [0.5, 0.6) is 0 Å². The summed E-state index contributed by atoms with van der Waals surface area (Å²) in [6.45, 7) is 1.07. The molecule has 1 heterocycles. The molecule has 2 aromatic rings. The Hall–Kier alpha value is -2.58. The lowest BCUT2D eigenvalue weighted by molar-refractivity contribution is -0.155. The standard InChI is InChI=1S/C20H18ClF3N2O3/c21-16-7-6-14(10-15(16)20(22,23)24)25-18(27)11-17-19(28)26(8-9-29-17)12-13-4-2-1-3-5-13/h1-7,10,17H,8-9,11-12H2,(H,25,27)/t17-/m0/s1. The molecule has 2 aromatic carbocycles. The van der Waals surface area contributed by atoms with Gasteiger partial charge in [0.05, 0.1) is 23.6 Å². The zero-order valence-corrected chi connectivity index (χ0v) is 16.0. The number of anilines is 1. The third kappa shape index (κ3) is 5.48. The summed E-state index contributed by atoms with van der Waals surface area (Å²) in [5.74, 6) is -0.956. The highest BCUT2D eigenvalue weighted by molar-refractivity contribution is 6.31. The van der Waals surface area contributed by atoms with Crippen molar-refractivity contribution in [2.24, 2.45) is 0 Å². The monoisotopic (exact) mass is 426 g/mol. The first-order chi connectivity index (χ1) is 13.7. The second-order valence-corrected chi connectivity index (χ2v) is 6.96. The highest BCUT2D eigenvalue weighted by Gasteiger charge is 2.34. The number of halogens is 4. The van der Waals surface area contributed by atoms with Gasteiger partial charge in [-0.25, -0.2) is 0 Å². The van der Waals surface area contributed by atoms with Gasteiger partial charge in [-0.2, -0.15) is 13.2 Å². The van der Waals surface area contributed by atoms with Crippen molar-refractivity contribution in [2.45, 2.75) is 25.2 Å². The average molecular weight is 427 g/mol. The molecule has 1 fully saturated rings. The molecule has 0 aromatic heterocycles. The highest BCUT2D eigenvalue weighted by atomic mass is 35.5. The maximum Gasteiger partial charge on any atom is 0.417 e. The molecule has 9 heteroatoms. The van der Waals surface area contributed by atoms with Crippen LogP contribution in [-0.4, -0.2) is 36.0 Å². The SMILES string of the molecule is O=C(C[C@@H]1OCCN(Cc2ccccc2)C1=O)Nc1ccc(Cl)c(C(F)(F)F)c1. The van der Waals surface area contributed by atoms with Gasteiger partial charge in [0.1, 0.15) is 6.10 Å². The maximum atomic E-state index is 12.9. The summed E-state index contributed by atoms with van der Waals surface area (Å²) < 4.78 is 44.2. The van der Waals surface area contributed by atoms with Crippen molar-refractivity contribution in [1.82, 2.24) is 4.90 Å². The molecule has 0 bridgehead atoms. The van der Waals surface area contributed by atoms with Crippen molar-refractivity contribution in [3.05, 3.63) is 64.7 Å². The van der Waals surface area contributed by atoms with E-state index >= 15 is 0 Å². The Kier molecular flexibility index (Phi) is 6.44. The number of carbonyl (C=O) groups excluding carboxylic acids is 2. The fourth-order valence-corrected chi connectivity index (χ4v) is 3.22. The van der Waals surface area contributed by atoms with E-state index in [1.54, 1.807) is 4.90 Å². The number of morpholine rings is 1. The van der Waals surface area contributed by atoms with Crippen LogP contribution in [0.15, 0.2) is 48.5 Å². The van der Waals surface area contributed by atoms with E-state index in [2.05, 4.69) is 5.32 Å². The molecule has 0 saturated carbocycles. The van der Waals surface area contributed by atoms with Gasteiger partial charge in [0.25, 0.3) is 5.91 Å². The zero-order valence-electron chi connectivity index (χ0n) is 15.2. The molecule has 1 N–H and O–H groups in total. The molecule has 154 valence electrons. The van der Waals surface area contributed by atoms with Crippen LogP contribution in [0, 0.1) is 0 Å². The number of hydrogen-bond donors (Lipinski definition) is 1. The minimum atomic E-state index is -4.64. The first-order valence-corrected chi connectivity index (χ1v) is 9.23. The van der Waals surface area contributed by atoms with Gasteiger partial charge in [0.2, 0.25) is 5.91 Å². The second-order valence-electron chi connectivity index (χ2n) is 6.55. The topological polar surface area (TPSA) is 58.6 Å². The van der Waals surface area contributed by atoms with E-state index in [0.29, 0.717) is 13.1 Å². The number of amides is 2. The second kappa shape index (κ2) is 8.84. The van der Waals surface area contributed by atoms with Gasteiger partial charge in [0.15, 0.2) is 0 Å². The molecular weight excluding hydrogens is 409 g/mol. The molecule has 5 nitrogen and oxygen atoms in total. The van der Waals surface area contributed by atoms with E-state index < -0.39 is 28.8 Å². The van der Waals surface area contributed by atoms with Crippen molar-refractivity contribution in [3.8, 4) is 0 Å². The van der Waals surface area contributed by atoms with Crippen LogP contribution >= 0.6 is 11.6 Å². The van der Waals surface area contributed by atoms with Gasteiger partial charge >= 0.3 is 6.18 Å². The predicted octanol–water partition coefficient (Wildman–Crippen LogP) is 4.12. The number of rotatable bonds is 5. The summed E-state index contributed by atoms with van der Waals surface area (Å²) >= 11 is 5.57. The Morgan fingerprint density at radius 2 is 1.93 bits per heavy atom.